The molecular weight excluding hydrogens is 349 g/mol. The Morgan fingerprint density at radius 3 is 2.46 bits per heavy atom. The molecule has 1 N–H and O–H groups in total. The minimum Gasteiger partial charge on any atom is -0.319 e. The Balaban J connectivity index is 1.92. The number of rotatable bonds is 3. The van der Waals surface area contributed by atoms with Crippen molar-refractivity contribution in [2.24, 2.45) is 0 Å². The molecule has 0 saturated carbocycles. The van der Waals surface area contributed by atoms with Crippen molar-refractivity contribution in [3.05, 3.63) is 86.8 Å². The third kappa shape index (κ3) is 3.48. The number of amides is 1. The second-order valence-corrected chi connectivity index (χ2v) is 5.73. The monoisotopic (exact) mass is 359 g/mol. The number of nitrogens with one attached hydrogen (secondary N) is 1. The number of benzene rings is 2. The molecule has 0 aliphatic carbocycles. The molecule has 3 aromatic rings. The molecule has 0 radical (unpaired) electrons. The summed E-state index contributed by atoms with van der Waals surface area (Å²) < 4.78 is 1.17. The van der Waals surface area contributed by atoms with Crippen LogP contribution in [-0.4, -0.2) is 15.7 Å². The molecule has 7 heteroatoms. The van der Waals surface area contributed by atoms with Gasteiger partial charge in [-0.1, -0.05) is 41.4 Å². The second kappa shape index (κ2) is 6.86. The first-order valence-electron chi connectivity index (χ1n) is 6.97. The van der Waals surface area contributed by atoms with E-state index in [1.165, 1.54) is 22.9 Å². The van der Waals surface area contributed by atoms with Crippen LogP contribution in [0.5, 0.6) is 0 Å². The van der Waals surface area contributed by atoms with Gasteiger partial charge in [0, 0.05) is 11.1 Å². The summed E-state index contributed by atoms with van der Waals surface area (Å²) >= 11 is 11.9. The van der Waals surface area contributed by atoms with Crippen LogP contribution in [0.25, 0.3) is 5.69 Å². The van der Waals surface area contributed by atoms with E-state index in [2.05, 4.69) is 10.4 Å². The topological polar surface area (TPSA) is 64.0 Å². The number of carbonyl (C=O) groups excluding carboxylic acids is 1. The largest absolute Gasteiger partial charge is 0.319 e. The summed E-state index contributed by atoms with van der Waals surface area (Å²) in [6.07, 6.45) is 0. The van der Waals surface area contributed by atoms with E-state index in [1.54, 1.807) is 36.4 Å². The lowest BCUT2D eigenvalue weighted by atomic mass is 10.3. The van der Waals surface area contributed by atoms with E-state index >= 15 is 0 Å². The molecule has 0 atom stereocenters. The molecule has 0 aliphatic rings. The number of halogens is 2. The summed E-state index contributed by atoms with van der Waals surface area (Å²) in [5, 5.41) is 7.53. The number of nitrogens with zero attached hydrogens (tertiary/aromatic N) is 2. The van der Waals surface area contributed by atoms with E-state index in [4.69, 9.17) is 23.2 Å². The number of hydrogen-bond acceptors (Lipinski definition) is 3. The van der Waals surface area contributed by atoms with E-state index in [0.717, 1.165) is 0 Å². The van der Waals surface area contributed by atoms with Gasteiger partial charge >= 0.3 is 0 Å². The quantitative estimate of drug-likeness (QED) is 0.773. The van der Waals surface area contributed by atoms with E-state index < -0.39 is 5.91 Å². The van der Waals surface area contributed by atoms with Crippen molar-refractivity contribution in [3.63, 3.8) is 0 Å². The van der Waals surface area contributed by atoms with Crippen LogP contribution in [0.1, 0.15) is 10.5 Å². The van der Waals surface area contributed by atoms with Crippen LogP contribution in [0.4, 0.5) is 5.69 Å². The highest BCUT2D eigenvalue weighted by molar-refractivity contribution is 6.36. The summed E-state index contributed by atoms with van der Waals surface area (Å²) in [6.45, 7) is 0. The van der Waals surface area contributed by atoms with Gasteiger partial charge in [0.1, 0.15) is 5.69 Å². The predicted molar refractivity (Wildman–Crippen MR) is 94.2 cm³/mol. The van der Waals surface area contributed by atoms with Gasteiger partial charge in [-0.25, -0.2) is 0 Å². The van der Waals surface area contributed by atoms with Gasteiger partial charge in [0.2, 0.25) is 0 Å². The zero-order valence-electron chi connectivity index (χ0n) is 12.2. The molecule has 0 saturated heterocycles. The van der Waals surface area contributed by atoms with E-state index in [9.17, 15) is 9.59 Å². The fourth-order valence-electron chi connectivity index (χ4n) is 2.06. The zero-order valence-corrected chi connectivity index (χ0v) is 13.8. The van der Waals surface area contributed by atoms with Crippen molar-refractivity contribution in [3.8, 4) is 5.69 Å². The average molecular weight is 360 g/mol. The minimum absolute atomic E-state index is 0.0875. The van der Waals surface area contributed by atoms with Gasteiger partial charge < -0.3 is 5.32 Å². The highest BCUT2D eigenvalue weighted by Crippen LogP contribution is 2.25. The summed E-state index contributed by atoms with van der Waals surface area (Å²) in [4.78, 5) is 24.3. The predicted octanol–water partition coefficient (Wildman–Crippen LogP) is 3.79. The molecule has 0 aliphatic heterocycles. The van der Waals surface area contributed by atoms with Gasteiger partial charge in [-0.3, -0.25) is 9.59 Å². The van der Waals surface area contributed by atoms with Crippen molar-refractivity contribution >= 4 is 34.8 Å². The molecule has 24 heavy (non-hydrogen) atoms. The second-order valence-electron chi connectivity index (χ2n) is 4.88. The van der Waals surface area contributed by atoms with E-state index in [1.807, 2.05) is 6.07 Å². The normalized spacial score (nSPS) is 10.4. The highest BCUT2D eigenvalue weighted by Gasteiger charge is 2.12. The molecule has 3 rings (SSSR count). The Labute approximate surface area is 147 Å². The molecule has 0 bridgehead atoms. The van der Waals surface area contributed by atoms with E-state index in [0.29, 0.717) is 21.4 Å². The van der Waals surface area contributed by atoms with Crippen molar-refractivity contribution in [1.29, 1.82) is 0 Å². The van der Waals surface area contributed by atoms with Crippen LogP contribution >= 0.6 is 23.2 Å². The molecule has 1 amide bonds. The first-order chi connectivity index (χ1) is 11.5. The summed E-state index contributed by atoms with van der Waals surface area (Å²) in [7, 11) is 0. The maximum atomic E-state index is 12.4. The summed E-state index contributed by atoms with van der Waals surface area (Å²) in [6, 6.07) is 16.2. The smallest absolute Gasteiger partial charge is 0.276 e. The Kier molecular flexibility index (Phi) is 4.64. The molecule has 0 unspecified atom stereocenters. The molecule has 1 aromatic heterocycles. The van der Waals surface area contributed by atoms with Gasteiger partial charge in [-0.2, -0.15) is 9.78 Å². The van der Waals surface area contributed by atoms with Crippen LogP contribution in [-0.2, 0) is 0 Å². The Hall–Kier alpha value is -2.63. The lowest BCUT2D eigenvalue weighted by Gasteiger charge is -2.09. The van der Waals surface area contributed by atoms with Gasteiger partial charge in [0.25, 0.3) is 11.5 Å². The molecule has 1 heterocycles. The third-order valence-corrected chi connectivity index (χ3v) is 3.76. The fraction of sp³-hybridized carbons (Fsp3) is 0. The van der Waals surface area contributed by atoms with Gasteiger partial charge in [0.05, 0.1) is 16.4 Å². The van der Waals surface area contributed by atoms with E-state index in [-0.39, 0.29) is 11.3 Å². The number of anilines is 1. The molecule has 0 spiro atoms. The number of para-hydroxylation sites is 1. The maximum Gasteiger partial charge on any atom is 0.276 e. The first kappa shape index (κ1) is 16.2. The Bertz CT molecular complexity index is 956. The molecule has 120 valence electrons. The SMILES string of the molecule is O=C(Nc1ccc(Cl)cc1Cl)c1ccc(=O)n(-c2ccccc2)n1. The highest BCUT2D eigenvalue weighted by atomic mass is 35.5. The standard InChI is InChI=1S/C17H11Cl2N3O2/c18-11-6-7-14(13(19)10-11)20-17(24)15-8-9-16(23)22(21-15)12-4-2-1-3-5-12/h1-10H,(H,20,24). The van der Waals surface area contributed by atoms with Crippen molar-refractivity contribution in [2.45, 2.75) is 0 Å². The van der Waals surface area contributed by atoms with Crippen LogP contribution in [0.15, 0.2) is 65.5 Å². The van der Waals surface area contributed by atoms with Gasteiger partial charge in [-0.15, -0.1) is 0 Å². The summed E-state index contributed by atoms with van der Waals surface area (Å²) in [5.41, 5.74) is 0.735. The molecule has 5 nitrogen and oxygen atoms in total. The van der Waals surface area contributed by atoms with Crippen molar-refractivity contribution in [1.82, 2.24) is 9.78 Å². The number of aromatic nitrogens is 2. The maximum absolute atomic E-state index is 12.4. The third-order valence-electron chi connectivity index (χ3n) is 3.21. The lowest BCUT2D eigenvalue weighted by molar-refractivity contribution is 0.102. The fourth-order valence-corrected chi connectivity index (χ4v) is 2.52. The zero-order chi connectivity index (χ0) is 17.1. The lowest BCUT2D eigenvalue weighted by Crippen LogP contribution is -2.24. The summed E-state index contributed by atoms with van der Waals surface area (Å²) in [5.74, 6) is -0.482. The molecular formula is C17H11Cl2N3O2. The van der Waals surface area contributed by atoms with Gasteiger partial charge in [-0.05, 0) is 36.4 Å². The van der Waals surface area contributed by atoms with Gasteiger partial charge in [0.15, 0.2) is 0 Å². The average Bonchev–Trinajstić information content (AvgIpc) is 2.58. The molecule has 2 aromatic carbocycles. The minimum atomic E-state index is -0.482. The van der Waals surface area contributed by atoms with Crippen LogP contribution in [0.3, 0.4) is 0 Å². The van der Waals surface area contributed by atoms with Crippen molar-refractivity contribution in [2.75, 3.05) is 5.32 Å². The van der Waals surface area contributed by atoms with Crippen LogP contribution in [0.2, 0.25) is 10.0 Å². The molecule has 0 fully saturated rings. The first-order valence-corrected chi connectivity index (χ1v) is 7.72. The van der Waals surface area contributed by atoms with Crippen LogP contribution < -0.4 is 10.9 Å². The van der Waals surface area contributed by atoms with Crippen molar-refractivity contribution < 1.29 is 4.79 Å². The number of hydrogen-bond donors (Lipinski definition) is 1. The van der Waals surface area contributed by atoms with Crippen LogP contribution in [0, 0.1) is 0 Å². The Morgan fingerprint density at radius 2 is 1.75 bits per heavy atom. The Morgan fingerprint density at radius 1 is 1.00 bits per heavy atom. The number of carbonyl (C=O) groups is 1.